The molecule has 0 aromatic carbocycles. The van der Waals surface area contributed by atoms with E-state index in [1.54, 1.807) is 7.11 Å². The SMILES string of the molecule is COC(C)O[C@@H]1CO[C@@H]2O[C@@H]1[C@@H]1OC(C)(C)O[C@H]21. The van der Waals surface area contributed by atoms with Gasteiger partial charge in [-0.3, -0.25) is 0 Å². The summed E-state index contributed by atoms with van der Waals surface area (Å²) in [6.07, 6.45) is -1.30. The van der Waals surface area contributed by atoms with Crippen LogP contribution < -0.4 is 0 Å². The number of fused-ring (bicyclic) bond motifs is 5. The van der Waals surface area contributed by atoms with Crippen molar-refractivity contribution in [2.24, 2.45) is 0 Å². The lowest BCUT2D eigenvalue weighted by Crippen LogP contribution is -2.46. The Morgan fingerprint density at radius 3 is 2.61 bits per heavy atom. The molecule has 0 amide bonds. The predicted octanol–water partition coefficient (Wildman–Crippen LogP) is 0.639. The van der Waals surface area contributed by atoms with Crippen molar-refractivity contribution >= 4 is 0 Å². The third kappa shape index (κ3) is 2.07. The van der Waals surface area contributed by atoms with E-state index in [-0.39, 0.29) is 37.0 Å². The summed E-state index contributed by atoms with van der Waals surface area (Å²) in [4.78, 5) is 0. The van der Waals surface area contributed by atoms with Gasteiger partial charge in [0.2, 0.25) is 0 Å². The lowest BCUT2D eigenvalue weighted by molar-refractivity contribution is -0.299. The number of methoxy groups -OCH3 is 1. The first-order valence-electron chi connectivity index (χ1n) is 6.31. The number of rotatable bonds is 3. The molecule has 0 aliphatic carbocycles. The highest BCUT2D eigenvalue weighted by Crippen LogP contribution is 2.43. The van der Waals surface area contributed by atoms with Crippen molar-refractivity contribution in [3.8, 4) is 0 Å². The second-order valence-corrected chi connectivity index (χ2v) is 5.35. The van der Waals surface area contributed by atoms with Crippen LogP contribution in [-0.2, 0) is 28.4 Å². The molecule has 0 spiro atoms. The Morgan fingerprint density at radius 2 is 1.89 bits per heavy atom. The van der Waals surface area contributed by atoms with E-state index in [1.807, 2.05) is 20.8 Å². The summed E-state index contributed by atoms with van der Waals surface area (Å²) in [5, 5.41) is 0. The maximum Gasteiger partial charge on any atom is 0.187 e. The zero-order valence-electron chi connectivity index (χ0n) is 11.1. The smallest absolute Gasteiger partial charge is 0.187 e. The Kier molecular flexibility index (Phi) is 3.12. The summed E-state index contributed by atoms with van der Waals surface area (Å²) < 4.78 is 33.9. The molecule has 0 radical (unpaired) electrons. The van der Waals surface area contributed by atoms with E-state index in [0.717, 1.165) is 0 Å². The fraction of sp³-hybridized carbons (Fsp3) is 1.00. The monoisotopic (exact) mass is 260 g/mol. The van der Waals surface area contributed by atoms with Gasteiger partial charge in [0.05, 0.1) is 6.61 Å². The van der Waals surface area contributed by atoms with E-state index >= 15 is 0 Å². The van der Waals surface area contributed by atoms with Crippen LogP contribution in [0, 0.1) is 0 Å². The van der Waals surface area contributed by atoms with E-state index in [4.69, 9.17) is 28.4 Å². The summed E-state index contributed by atoms with van der Waals surface area (Å²) in [6.45, 7) is 6.11. The first-order valence-corrected chi connectivity index (χ1v) is 6.31. The van der Waals surface area contributed by atoms with Crippen molar-refractivity contribution in [1.82, 2.24) is 0 Å². The molecule has 3 fully saturated rings. The number of ether oxygens (including phenoxy) is 6. The Morgan fingerprint density at radius 1 is 1.17 bits per heavy atom. The molecule has 3 aliphatic rings. The van der Waals surface area contributed by atoms with Crippen LogP contribution >= 0.6 is 0 Å². The van der Waals surface area contributed by atoms with Gasteiger partial charge in [0, 0.05) is 7.11 Å². The van der Waals surface area contributed by atoms with Gasteiger partial charge in [0.15, 0.2) is 18.4 Å². The van der Waals surface area contributed by atoms with E-state index in [1.165, 1.54) is 0 Å². The third-order valence-corrected chi connectivity index (χ3v) is 3.54. The molecule has 3 rings (SSSR count). The fourth-order valence-electron chi connectivity index (χ4n) is 2.73. The average molecular weight is 260 g/mol. The fourth-order valence-corrected chi connectivity index (χ4v) is 2.73. The molecule has 104 valence electrons. The minimum absolute atomic E-state index is 0.137. The lowest BCUT2D eigenvalue weighted by atomic mass is 10.1. The zero-order chi connectivity index (χ0) is 12.9. The van der Waals surface area contributed by atoms with E-state index in [0.29, 0.717) is 6.61 Å². The molecule has 3 heterocycles. The van der Waals surface area contributed by atoms with Crippen LogP contribution in [0.3, 0.4) is 0 Å². The molecule has 1 unspecified atom stereocenters. The molecule has 2 bridgehead atoms. The summed E-state index contributed by atoms with van der Waals surface area (Å²) in [7, 11) is 1.60. The molecule has 0 aromatic rings. The first kappa shape index (κ1) is 12.8. The van der Waals surface area contributed by atoms with Crippen molar-refractivity contribution in [3.63, 3.8) is 0 Å². The second-order valence-electron chi connectivity index (χ2n) is 5.35. The van der Waals surface area contributed by atoms with Gasteiger partial charge in [0.25, 0.3) is 0 Å². The van der Waals surface area contributed by atoms with Crippen molar-refractivity contribution < 1.29 is 28.4 Å². The summed E-state index contributed by atoms with van der Waals surface area (Å²) in [5.41, 5.74) is 0. The van der Waals surface area contributed by atoms with Gasteiger partial charge in [-0.15, -0.1) is 0 Å². The van der Waals surface area contributed by atoms with Crippen molar-refractivity contribution in [2.45, 2.75) is 63.6 Å². The van der Waals surface area contributed by atoms with Crippen LogP contribution in [0.4, 0.5) is 0 Å². The van der Waals surface area contributed by atoms with Gasteiger partial charge >= 0.3 is 0 Å². The molecule has 0 N–H and O–H groups in total. The van der Waals surface area contributed by atoms with Gasteiger partial charge < -0.3 is 28.4 Å². The largest absolute Gasteiger partial charge is 0.356 e. The van der Waals surface area contributed by atoms with Gasteiger partial charge in [0.1, 0.15) is 24.4 Å². The predicted molar refractivity (Wildman–Crippen MR) is 59.8 cm³/mol. The molecule has 18 heavy (non-hydrogen) atoms. The van der Waals surface area contributed by atoms with Crippen LogP contribution in [0.15, 0.2) is 0 Å². The van der Waals surface area contributed by atoms with E-state index in [2.05, 4.69) is 0 Å². The number of hydrogen-bond acceptors (Lipinski definition) is 6. The zero-order valence-corrected chi connectivity index (χ0v) is 11.1. The van der Waals surface area contributed by atoms with Crippen molar-refractivity contribution in [1.29, 1.82) is 0 Å². The van der Waals surface area contributed by atoms with Gasteiger partial charge in [-0.25, -0.2) is 0 Å². The van der Waals surface area contributed by atoms with Crippen LogP contribution in [-0.4, -0.2) is 56.5 Å². The normalized spacial score (nSPS) is 47.0. The van der Waals surface area contributed by atoms with Crippen molar-refractivity contribution in [3.05, 3.63) is 0 Å². The molecule has 6 atom stereocenters. The summed E-state index contributed by atoms with van der Waals surface area (Å²) in [5.74, 6) is -0.590. The molecule has 6 heteroatoms. The van der Waals surface area contributed by atoms with Crippen molar-refractivity contribution in [2.75, 3.05) is 13.7 Å². The van der Waals surface area contributed by atoms with Crippen LogP contribution in [0.2, 0.25) is 0 Å². The van der Waals surface area contributed by atoms with E-state index in [9.17, 15) is 0 Å². The highest BCUT2D eigenvalue weighted by atomic mass is 16.8. The van der Waals surface area contributed by atoms with E-state index < -0.39 is 5.79 Å². The Bertz CT molecular complexity index is 320. The Labute approximate surface area is 106 Å². The quantitative estimate of drug-likeness (QED) is 0.694. The lowest BCUT2D eigenvalue weighted by Gasteiger charge is -2.34. The molecular weight excluding hydrogens is 240 g/mol. The average Bonchev–Trinajstić information content (AvgIpc) is 2.76. The summed E-state index contributed by atoms with van der Waals surface area (Å²) in [6, 6.07) is 0. The Balaban J connectivity index is 1.72. The molecule has 3 saturated heterocycles. The molecule has 0 saturated carbocycles. The highest BCUT2D eigenvalue weighted by Gasteiger charge is 2.60. The summed E-state index contributed by atoms with van der Waals surface area (Å²) >= 11 is 0. The Hall–Kier alpha value is -0.240. The third-order valence-electron chi connectivity index (χ3n) is 3.54. The van der Waals surface area contributed by atoms with Gasteiger partial charge in [-0.2, -0.15) is 0 Å². The number of hydrogen-bond donors (Lipinski definition) is 0. The van der Waals surface area contributed by atoms with Gasteiger partial charge in [-0.05, 0) is 20.8 Å². The molecule has 6 nitrogen and oxygen atoms in total. The van der Waals surface area contributed by atoms with Crippen LogP contribution in [0.25, 0.3) is 0 Å². The topological polar surface area (TPSA) is 55.4 Å². The molecule has 0 aromatic heterocycles. The highest BCUT2D eigenvalue weighted by molar-refractivity contribution is 5.00. The standard InChI is InChI=1S/C12H20O6/c1-6(13-4)15-7-5-14-11-10-9(8(7)16-11)17-12(2,3)18-10/h6-11H,5H2,1-4H3/t6?,7-,8+,9+,10+,11-/m1/s1. The maximum absolute atomic E-state index is 5.88. The first-order chi connectivity index (χ1) is 8.50. The van der Waals surface area contributed by atoms with Crippen LogP contribution in [0.5, 0.6) is 0 Å². The minimum Gasteiger partial charge on any atom is -0.356 e. The second kappa shape index (κ2) is 4.40. The minimum atomic E-state index is -0.590. The van der Waals surface area contributed by atoms with Gasteiger partial charge in [-0.1, -0.05) is 0 Å². The molecular formula is C12H20O6. The molecule has 3 aliphatic heterocycles. The maximum atomic E-state index is 5.88. The van der Waals surface area contributed by atoms with Crippen LogP contribution in [0.1, 0.15) is 20.8 Å².